The first kappa shape index (κ1) is 20.5. The molecule has 0 saturated carbocycles. The van der Waals surface area contributed by atoms with Crippen molar-refractivity contribution in [3.05, 3.63) is 64.8 Å². The topological polar surface area (TPSA) is 144 Å². The maximum atomic E-state index is 13.9. The van der Waals surface area contributed by atoms with E-state index in [1.807, 2.05) is 6.07 Å². The van der Waals surface area contributed by atoms with E-state index in [2.05, 4.69) is 15.6 Å². The molecule has 8 nitrogen and oxygen atoms in total. The van der Waals surface area contributed by atoms with Gasteiger partial charge in [-0.3, -0.25) is 0 Å². The number of nitriles is 1. The van der Waals surface area contributed by atoms with Crippen LogP contribution in [0.15, 0.2) is 47.8 Å². The average Bonchev–Trinajstić information content (AvgIpc) is 2.73. The lowest BCUT2D eigenvalue weighted by atomic mass is 10.1. The summed E-state index contributed by atoms with van der Waals surface area (Å²) in [4.78, 5) is 4.15. The Kier molecular flexibility index (Phi) is 6.08. The second-order valence-electron chi connectivity index (χ2n) is 6.48. The Labute approximate surface area is 172 Å². The summed E-state index contributed by atoms with van der Waals surface area (Å²) in [6, 6.07) is 7.88. The van der Waals surface area contributed by atoms with Crippen LogP contribution in [0, 0.1) is 28.0 Å². The van der Waals surface area contributed by atoms with Crippen molar-refractivity contribution in [2.75, 3.05) is 17.6 Å². The standard InChI is InChI=1S/C21H20FN7O/c1-12-17-7-15(22)2-3-18(17)29-16(4-5-23)11-27-20(14(8-24)9-25)13-6-19(30-12)21(26)28-10-13/h2-8,10,12,23-24,27,29H,11H2,1H3,(H2,26,28)/b16-4-,20-14+,23-5?,24-8?/t12-/m1/s1. The zero-order valence-electron chi connectivity index (χ0n) is 16.2. The van der Waals surface area contributed by atoms with Crippen LogP contribution in [0.1, 0.15) is 24.2 Å². The molecule has 0 saturated heterocycles. The van der Waals surface area contributed by atoms with Gasteiger partial charge in [0.05, 0.1) is 17.8 Å². The van der Waals surface area contributed by atoms with Crippen molar-refractivity contribution in [1.82, 2.24) is 10.3 Å². The van der Waals surface area contributed by atoms with E-state index in [4.69, 9.17) is 21.3 Å². The zero-order chi connectivity index (χ0) is 21.7. The second kappa shape index (κ2) is 8.87. The summed E-state index contributed by atoms with van der Waals surface area (Å²) < 4.78 is 19.9. The van der Waals surface area contributed by atoms with E-state index < -0.39 is 11.9 Å². The summed E-state index contributed by atoms with van der Waals surface area (Å²) >= 11 is 0. The fourth-order valence-electron chi connectivity index (χ4n) is 3.04. The van der Waals surface area contributed by atoms with E-state index in [-0.39, 0.29) is 23.7 Å². The number of nitrogens with one attached hydrogen (secondary N) is 4. The Balaban J connectivity index is 2.21. The zero-order valence-corrected chi connectivity index (χ0v) is 16.2. The number of aromatic nitrogens is 1. The van der Waals surface area contributed by atoms with Gasteiger partial charge in [-0.1, -0.05) is 0 Å². The number of nitrogen functional groups attached to an aromatic ring is 1. The van der Waals surface area contributed by atoms with Crippen molar-refractivity contribution in [3.63, 3.8) is 0 Å². The van der Waals surface area contributed by atoms with Crippen molar-refractivity contribution < 1.29 is 9.13 Å². The summed E-state index contributed by atoms with van der Waals surface area (Å²) in [5.74, 6) is 0.00167. The molecule has 1 atom stereocenters. The number of rotatable bonds is 2. The number of halogens is 1. The van der Waals surface area contributed by atoms with Gasteiger partial charge in [0.15, 0.2) is 11.6 Å². The smallest absolute Gasteiger partial charge is 0.166 e. The predicted octanol–water partition coefficient (Wildman–Crippen LogP) is 3.38. The van der Waals surface area contributed by atoms with Gasteiger partial charge in [-0.25, -0.2) is 9.37 Å². The Morgan fingerprint density at radius 1 is 1.40 bits per heavy atom. The fraction of sp³-hybridized carbons (Fsp3) is 0.143. The molecule has 1 aromatic carbocycles. The molecule has 0 fully saturated rings. The van der Waals surface area contributed by atoms with Crippen LogP contribution in [0.5, 0.6) is 5.75 Å². The van der Waals surface area contributed by atoms with Gasteiger partial charge < -0.3 is 31.9 Å². The molecule has 1 aromatic heterocycles. The number of ether oxygens (including phenoxy) is 1. The molecule has 0 unspecified atom stereocenters. The van der Waals surface area contributed by atoms with E-state index in [0.717, 1.165) is 12.4 Å². The van der Waals surface area contributed by atoms with Gasteiger partial charge in [0.1, 0.15) is 18.0 Å². The van der Waals surface area contributed by atoms with Crippen LogP contribution >= 0.6 is 0 Å². The third-order valence-corrected chi connectivity index (χ3v) is 4.50. The van der Waals surface area contributed by atoms with Crippen molar-refractivity contribution in [3.8, 4) is 11.8 Å². The summed E-state index contributed by atoms with van der Waals surface area (Å²) in [6.07, 6.45) is 4.50. The molecular formula is C21H20FN7O. The number of anilines is 2. The summed E-state index contributed by atoms with van der Waals surface area (Å²) in [5, 5.41) is 30.7. The normalized spacial score (nSPS) is 18.8. The van der Waals surface area contributed by atoms with Gasteiger partial charge in [0, 0.05) is 41.1 Å². The van der Waals surface area contributed by atoms with Crippen LogP contribution in [0.4, 0.5) is 15.9 Å². The lowest BCUT2D eigenvalue weighted by Crippen LogP contribution is -2.23. The molecule has 2 heterocycles. The molecule has 0 aliphatic carbocycles. The van der Waals surface area contributed by atoms with Crippen LogP contribution in [0.3, 0.4) is 0 Å². The highest BCUT2D eigenvalue weighted by molar-refractivity contribution is 5.93. The van der Waals surface area contributed by atoms with Crippen LogP contribution in [-0.2, 0) is 0 Å². The van der Waals surface area contributed by atoms with Gasteiger partial charge in [0.2, 0.25) is 0 Å². The largest absolute Gasteiger partial charge is 0.482 e. The van der Waals surface area contributed by atoms with Crippen molar-refractivity contribution in [2.45, 2.75) is 13.0 Å². The lowest BCUT2D eigenvalue weighted by molar-refractivity contribution is 0.227. The van der Waals surface area contributed by atoms with Gasteiger partial charge in [-0.05, 0) is 37.3 Å². The van der Waals surface area contributed by atoms with E-state index in [0.29, 0.717) is 28.2 Å². The third kappa shape index (κ3) is 4.28. The monoisotopic (exact) mass is 405 g/mol. The number of nitrogens with two attached hydrogens (primary N) is 1. The molecule has 152 valence electrons. The Hall–Kier alpha value is -4.19. The van der Waals surface area contributed by atoms with Gasteiger partial charge >= 0.3 is 0 Å². The van der Waals surface area contributed by atoms with E-state index in [1.165, 1.54) is 24.4 Å². The Morgan fingerprint density at radius 2 is 2.20 bits per heavy atom. The first-order valence-corrected chi connectivity index (χ1v) is 9.04. The first-order valence-electron chi connectivity index (χ1n) is 9.04. The van der Waals surface area contributed by atoms with E-state index >= 15 is 0 Å². The van der Waals surface area contributed by atoms with Crippen molar-refractivity contribution >= 4 is 29.6 Å². The minimum absolute atomic E-state index is 0.0919. The van der Waals surface area contributed by atoms with E-state index in [9.17, 15) is 9.65 Å². The van der Waals surface area contributed by atoms with Crippen molar-refractivity contribution in [1.29, 1.82) is 16.1 Å². The summed E-state index contributed by atoms with van der Waals surface area (Å²) in [5.41, 5.74) is 8.68. The highest BCUT2D eigenvalue weighted by atomic mass is 19.1. The predicted molar refractivity (Wildman–Crippen MR) is 114 cm³/mol. The molecule has 1 aliphatic rings. The SMILES string of the molecule is C[C@H]1Oc2cc(cnc2N)/C(=C(\C#N)C=N)NC/C(=C/C=N)Nc2ccc(F)cc21. The number of nitrogens with zero attached hydrogens (tertiary/aromatic N) is 2. The molecule has 9 heteroatoms. The summed E-state index contributed by atoms with van der Waals surface area (Å²) in [6.45, 7) is 1.96. The lowest BCUT2D eigenvalue weighted by Gasteiger charge is -2.23. The number of fused-ring (bicyclic) bond motifs is 3. The van der Waals surface area contributed by atoms with Gasteiger partial charge in [0.25, 0.3) is 0 Å². The van der Waals surface area contributed by atoms with Crippen molar-refractivity contribution in [2.24, 2.45) is 0 Å². The number of hydrogen-bond donors (Lipinski definition) is 5. The molecule has 0 radical (unpaired) electrons. The molecule has 0 amide bonds. The number of hydrogen-bond acceptors (Lipinski definition) is 8. The minimum Gasteiger partial charge on any atom is -0.482 e. The molecule has 6 N–H and O–H groups in total. The Bertz CT molecular complexity index is 1100. The number of pyridine rings is 1. The molecule has 1 aliphatic heterocycles. The van der Waals surface area contributed by atoms with E-state index in [1.54, 1.807) is 19.1 Å². The third-order valence-electron chi connectivity index (χ3n) is 4.50. The minimum atomic E-state index is -0.582. The van der Waals surface area contributed by atoms with Crippen LogP contribution < -0.4 is 21.1 Å². The second-order valence-corrected chi connectivity index (χ2v) is 6.48. The molecule has 0 spiro atoms. The molecular weight excluding hydrogens is 385 g/mol. The maximum Gasteiger partial charge on any atom is 0.166 e. The van der Waals surface area contributed by atoms with Gasteiger partial charge in [-0.2, -0.15) is 5.26 Å². The average molecular weight is 405 g/mol. The van der Waals surface area contributed by atoms with Gasteiger partial charge in [-0.15, -0.1) is 0 Å². The van der Waals surface area contributed by atoms with Crippen LogP contribution in [-0.4, -0.2) is 24.0 Å². The molecule has 3 rings (SSSR count). The fourth-order valence-corrected chi connectivity index (χ4v) is 3.04. The Morgan fingerprint density at radius 3 is 2.90 bits per heavy atom. The van der Waals surface area contributed by atoms with Crippen LogP contribution in [0.25, 0.3) is 5.70 Å². The summed E-state index contributed by atoms with van der Waals surface area (Å²) in [7, 11) is 0. The quantitative estimate of drug-likeness (QED) is 0.383. The maximum absolute atomic E-state index is 13.9. The number of benzene rings is 1. The molecule has 2 bridgehead atoms. The highest BCUT2D eigenvalue weighted by Gasteiger charge is 2.19. The molecule has 2 aromatic rings. The highest BCUT2D eigenvalue weighted by Crippen LogP contribution is 2.33. The van der Waals surface area contributed by atoms with Crippen LogP contribution in [0.2, 0.25) is 0 Å². The number of allylic oxidation sites excluding steroid dienone is 2. The first-order chi connectivity index (χ1) is 14.5. The molecule has 30 heavy (non-hydrogen) atoms.